The van der Waals surface area contributed by atoms with E-state index < -0.39 is 0 Å². The summed E-state index contributed by atoms with van der Waals surface area (Å²) in [6.07, 6.45) is 0.494. The highest BCUT2D eigenvalue weighted by atomic mass is 35.5. The molecule has 0 aromatic heterocycles. The van der Waals surface area contributed by atoms with E-state index in [9.17, 15) is 9.59 Å². The van der Waals surface area contributed by atoms with Crippen LogP contribution in [0, 0.1) is 0 Å². The Labute approximate surface area is 256 Å². The molecule has 0 aliphatic carbocycles. The van der Waals surface area contributed by atoms with Gasteiger partial charge < -0.3 is 34.9 Å². The Morgan fingerprint density at radius 1 is 0.977 bits per heavy atom. The highest BCUT2D eigenvalue weighted by Crippen LogP contribution is 2.29. The quantitative estimate of drug-likeness (QED) is 0.357. The Hall–Kier alpha value is -3.83. The fraction of sp³-hybridized carbons (Fsp3) is 0.375. The molecule has 1 saturated heterocycles. The van der Waals surface area contributed by atoms with Crippen LogP contribution < -0.4 is 25.4 Å². The molecule has 3 N–H and O–H groups in total. The summed E-state index contributed by atoms with van der Waals surface area (Å²) in [7, 11) is 1.59. The molecule has 43 heavy (non-hydrogen) atoms. The van der Waals surface area contributed by atoms with Gasteiger partial charge in [0.05, 0.1) is 25.4 Å². The zero-order valence-electron chi connectivity index (χ0n) is 24.1. The predicted molar refractivity (Wildman–Crippen MR) is 163 cm³/mol. The number of amides is 3. The lowest BCUT2D eigenvalue weighted by Gasteiger charge is -2.38. The Balaban J connectivity index is 1.34. The van der Waals surface area contributed by atoms with Crippen LogP contribution in [-0.2, 0) is 22.6 Å². The third-order valence-electron chi connectivity index (χ3n) is 7.27. The van der Waals surface area contributed by atoms with Gasteiger partial charge in [-0.2, -0.15) is 0 Å². The largest absolute Gasteiger partial charge is 0.491 e. The highest BCUT2D eigenvalue weighted by molar-refractivity contribution is 6.30. The van der Waals surface area contributed by atoms with E-state index in [-0.39, 0.29) is 37.2 Å². The van der Waals surface area contributed by atoms with Gasteiger partial charge in [0.2, 0.25) is 0 Å². The van der Waals surface area contributed by atoms with Gasteiger partial charge in [-0.25, -0.2) is 4.79 Å². The van der Waals surface area contributed by atoms with Crippen molar-refractivity contribution in [2.24, 2.45) is 0 Å². The summed E-state index contributed by atoms with van der Waals surface area (Å²) in [5.41, 5.74) is 2.46. The van der Waals surface area contributed by atoms with Crippen molar-refractivity contribution in [2.45, 2.75) is 31.7 Å². The summed E-state index contributed by atoms with van der Waals surface area (Å²) >= 11 is 6.07. The normalized spacial score (nSPS) is 19.9. The van der Waals surface area contributed by atoms with E-state index in [1.54, 1.807) is 25.3 Å². The zero-order valence-corrected chi connectivity index (χ0v) is 24.9. The van der Waals surface area contributed by atoms with Gasteiger partial charge in [0.25, 0.3) is 5.91 Å². The lowest BCUT2D eigenvalue weighted by molar-refractivity contribution is -0.0303. The molecule has 228 valence electrons. The van der Waals surface area contributed by atoms with Crippen LogP contribution in [0.5, 0.6) is 17.2 Å². The summed E-state index contributed by atoms with van der Waals surface area (Å²) < 4.78 is 23.5. The number of rotatable bonds is 6. The number of piperidine rings is 1. The maximum absolute atomic E-state index is 13.0. The van der Waals surface area contributed by atoms with Crippen molar-refractivity contribution in [3.05, 3.63) is 88.4 Å². The van der Waals surface area contributed by atoms with Gasteiger partial charge in [0.15, 0.2) is 0 Å². The third kappa shape index (κ3) is 9.08. The molecule has 2 aliphatic rings. The molecule has 0 saturated carbocycles. The minimum absolute atomic E-state index is 0.175. The van der Waals surface area contributed by atoms with Crippen LogP contribution in [0.15, 0.2) is 66.7 Å². The molecule has 0 radical (unpaired) electrons. The van der Waals surface area contributed by atoms with Crippen molar-refractivity contribution in [1.82, 2.24) is 20.9 Å². The molecule has 3 aromatic carbocycles. The Morgan fingerprint density at radius 2 is 1.81 bits per heavy atom. The molecule has 11 heteroatoms. The van der Waals surface area contributed by atoms with Gasteiger partial charge in [-0.3, -0.25) is 9.69 Å². The molecule has 10 nitrogen and oxygen atoms in total. The molecule has 2 heterocycles. The maximum Gasteiger partial charge on any atom is 0.315 e. The predicted octanol–water partition coefficient (Wildman–Crippen LogP) is 4.36. The Bertz CT molecular complexity index is 1390. The molecule has 0 unspecified atom stereocenters. The maximum atomic E-state index is 13.0. The first-order valence-corrected chi connectivity index (χ1v) is 14.8. The Morgan fingerprint density at radius 3 is 2.65 bits per heavy atom. The van der Waals surface area contributed by atoms with Crippen molar-refractivity contribution < 1.29 is 28.5 Å². The van der Waals surface area contributed by atoms with Crippen LogP contribution in [-0.4, -0.2) is 75.5 Å². The van der Waals surface area contributed by atoms with Crippen molar-refractivity contribution in [2.75, 3.05) is 46.5 Å². The minimum atomic E-state index is -0.305. The first-order valence-electron chi connectivity index (χ1n) is 14.4. The lowest BCUT2D eigenvalue weighted by Crippen LogP contribution is -2.56. The number of carbonyl (C=O) groups excluding carboxylic acids is 2. The SMILES string of the molecule is COCCOc1cc2cc(c1)C(=O)NCCNC(=O)N[C@H]1CCN(Cc3ccc(Cl)cc3)C[C@@H]1OCc1cccc(c1)O2. The van der Waals surface area contributed by atoms with E-state index in [4.69, 9.17) is 30.5 Å². The number of urea groups is 1. The molecule has 3 aromatic rings. The van der Waals surface area contributed by atoms with Crippen molar-refractivity contribution in [1.29, 1.82) is 0 Å². The second kappa shape index (κ2) is 15.1. The summed E-state index contributed by atoms with van der Waals surface area (Å²) in [5, 5.41) is 9.49. The fourth-order valence-electron chi connectivity index (χ4n) is 5.11. The highest BCUT2D eigenvalue weighted by Gasteiger charge is 2.31. The number of ether oxygens (including phenoxy) is 4. The Kier molecular flexibility index (Phi) is 10.7. The lowest BCUT2D eigenvalue weighted by atomic mass is 10.0. The van der Waals surface area contributed by atoms with Gasteiger partial charge >= 0.3 is 6.03 Å². The van der Waals surface area contributed by atoms with Gasteiger partial charge in [-0.15, -0.1) is 0 Å². The average Bonchev–Trinajstić information content (AvgIpc) is 3.00. The number of benzene rings is 3. The van der Waals surface area contributed by atoms with E-state index in [0.717, 1.165) is 30.6 Å². The third-order valence-corrected chi connectivity index (χ3v) is 7.52. The molecule has 4 bridgehead atoms. The van der Waals surface area contributed by atoms with Crippen LogP contribution in [0.4, 0.5) is 4.79 Å². The van der Waals surface area contributed by atoms with Crippen LogP contribution >= 0.6 is 11.6 Å². The number of methoxy groups -OCH3 is 1. The number of hydrogen-bond donors (Lipinski definition) is 3. The fourth-order valence-corrected chi connectivity index (χ4v) is 5.23. The molecule has 2 atom stereocenters. The minimum Gasteiger partial charge on any atom is -0.491 e. The van der Waals surface area contributed by atoms with E-state index in [0.29, 0.717) is 54.2 Å². The van der Waals surface area contributed by atoms with Crippen molar-refractivity contribution >= 4 is 23.5 Å². The second-order valence-electron chi connectivity index (χ2n) is 10.5. The van der Waals surface area contributed by atoms with Crippen LogP contribution in [0.2, 0.25) is 5.02 Å². The number of carbonyl (C=O) groups is 2. The van der Waals surface area contributed by atoms with Crippen LogP contribution in [0.3, 0.4) is 0 Å². The van der Waals surface area contributed by atoms with Crippen LogP contribution in [0.25, 0.3) is 0 Å². The summed E-state index contributed by atoms with van der Waals surface area (Å²) in [4.78, 5) is 28.1. The number of hydrogen-bond acceptors (Lipinski definition) is 7. The van der Waals surface area contributed by atoms with Gasteiger partial charge in [-0.1, -0.05) is 35.9 Å². The van der Waals surface area contributed by atoms with Crippen molar-refractivity contribution in [3.8, 4) is 17.2 Å². The smallest absolute Gasteiger partial charge is 0.315 e. The number of nitrogens with zero attached hydrogens (tertiary/aromatic N) is 1. The number of halogens is 1. The zero-order chi connectivity index (χ0) is 30.0. The number of nitrogens with one attached hydrogen (secondary N) is 3. The second-order valence-corrected chi connectivity index (χ2v) is 11.0. The van der Waals surface area contributed by atoms with E-state index in [1.807, 2.05) is 48.5 Å². The molecule has 0 spiro atoms. The first kappa shape index (κ1) is 30.6. The monoisotopic (exact) mass is 608 g/mol. The molecule has 2 aliphatic heterocycles. The van der Waals surface area contributed by atoms with Gasteiger partial charge in [0.1, 0.15) is 23.9 Å². The number of fused-ring (bicyclic) bond motifs is 5. The summed E-state index contributed by atoms with van der Waals surface area (Å²) in [5.74, 6) is 1.24. The van der Waals surface area contributed by atoms with Crippen molar-refractivity contribution in [3.63, 3.8) is 0 Å². The van der Waals surface area contributed by atoms with Gasteiger partial charge in [0, 0.05) is 56.5 Å². The van der Waals surface area contributed by atoms with E-state index in [1.165, 1.54) is 0 Å². The van der Waals surface area contributed by atoms with Gasteiger partial charge in [-0.05, 0) is 53.9 Å². The van der Waals surface area contributed by atoms with Crippen LogP contribution in [0.1, 0.15) is 27.9 Å². The molecule has 3 amide bonds. The molecular weight excluding hydrogens is 572 g/mol. The molecule has 5 rings (SSSR count). The first-order chi connectivity index (χ1) is 20.9. The summed E-state index contributed by atoms with van der Waals surface area (Å²) in [6, 6.07) is 20.0. The van der Waals surface area contributed by atoms with E-state index >= 15 is 0 Å². The topological polar surface area (TPSA) is 110 Å². The average molecular weight is 609 g/mol. The number of likely N-dealkylation sites (tertiary alicyclic amines) is 1. The summed E-state index contributed by atoms with van der Waals surface area (Å²) in [6.45, 7) is 3.80. The molecule has 1 fully saturated rings. The molecular formula is C32H37ClN4O6. The van der Waals surface area contributed by atoms with E-state index in [2.05, 4.69) is 20.9 Å². The standard InChI is InChI=1S/C32H37ClN4O6/c1-40-13-14-41-27-16-24-17-28(18-27)43-26-4-2-3-23(15-26)21-42-30-20-37(19-22-5-7-25(33)8-6-22)12-9-29(30)36-32(39)35-11-10-34-31(24)38/h2-8,15-18,29-30H,9-14,19-21H2,1H3,(H,34,38)(H2,35,36,39)/t29-,30-/m0/s1.